The summed E-state index contributed by atoms with van der Waals surface area (Å²) in [6.45, 7) is 0. The topological polar surface area (TPSA) is 74.6 Å². The zero-order chi connectivity index (χ0) is 10.3. The van der Waals surface area contributed by atoms with Gasteiger partial charge in [0.1, 0.15) is 0 Å². The maximum Gasteiger partial charge on any atom is 0.303 e. The lowest BCUT2D eigenvalue weighted by Crippen LogP contribution is -2.04. The number of hydrogen-bond acceptors (Lipinski definition) is 2. The molecule has 0 aromatic rings. The van der Waals surface area contributed by atoms with Gasteiger partial charge in [0.15, 0.2) is 0 Å². The van der Waals surface area contributed by atoms with Crippen LogP contribution in [0, 0.1) is 0 Å². The fourth-order valence-electron chi connectivity index (χ4n) is 0.899. The van der Waals surface area contributed by atoms with Gasteiger partial charge in [0.2, 0.25) is 0 Å². The Bertz CT molecular complexity index is 181. The molecular weight excluding hydrogens is 196 g/mol. The molecule has 0 aliphatic carbocycles. The molecule has 76 valence electrons. The first-order valence-corrected chi connectivity index (χ1v) is 4.53. The van der Waals surface area contributed by atoms with E-state index in [9.17, 15) is 9.59 Å². The van der Waals surface area contributed by atoms with Crippen LogP contribution in [0.25, 0.3) is 0 Å². The zero-order valence-electron chi connectivity index (χ0n) is 7.20. The van der Waals surface area contributed by atoms with E-state index in [4.69, 9.17) is 21.8 Å². The number of halogens is 1. The minimum absolute atomic E-state index is 0.0429. The summed E-state index contributed by atoms with van der Waals surface area (Å²) in [5.41, 5.74) is 0. The average Bonchev–Trinajstić information content (AvgIpc) is 2.00. The fourth-order valence-corrected chi connectivity index (χ4v) is 1.16. The molecule has 0 bridgehead atoms. The Balaban J connectivity index is 3.35. The minimum Gasteiger partial charge on any atom is -0.481 e. The van der Waals surface area contributed by atoms with Gasteiger partial charge in [-0.2, -0.15) is 0 Å². The van der Waals surface area contributed by atoms with Crippen LogP contribution in [0.15, 0.2) is 0 Å². The lowest BCUT2D eigenvalue weighted by Gasteiger charge is -2.05. The fraction of sp³-hybridized carbons (Fsp3) is 0.750. The number of alkyl halides is 1. The van der Waals surface area contributed by atoms with Crippen molar-refractivity contribution in [1.82, 2.24) is 0 Å². The number of carboxylic acids is 2. The molecule has 0 rings (SSSR count). The van der Waals surface area contributed by atoms with Crippen LogP contribution < -0.4 is 0 Å². The number of carbonyl (C=O) groups is 2. The van der Waals surface area contributed by atoms with Crippen molar-refractivity contribution in [3.8, 4) is 0 Å². The molecular formula is C8H13ClO4. The Labute approximate surface area is 81.5 Å². The van der Waals surface area contributed by atoms with Gasteiger partial charge in [0.05, 0.1) is 0 Å². The Hall–Kier alpha value is -0.770. The SMILES string of the molecule is O=C(O)CCCC(Cl)CCC(=O)O. The van der Waals surface area contributed by atoms with Crippen LogP contribution in [-0.4, -0.2) is 27.5 Å². The Morgan fingerprint density at radius 1 is 1.08 bits per heavy atom. The molecule has 4 nitrogen and oxygen atoms in total. The van der Waals surface area contributed by atoms with Crippen molar-refractivity contribution in [3.63, 3.8) is 0 Å². The molecule has 1 atom stereocenters. The van der Waals surface area contributed by atoms with Gasteiger partial charge >= 0.3 is 11.9 Å². The van der Waals surface area contributed by atoms with E-state index >= 15 is 0 Å². The smallest absolute Gasteiger partial charge is 0.303 e. The van der Waals surface area contributed by atoms with Crippen molar-refractivity contribution in [2.75, 3.05) is 0 Å². The molecule has 0 spiro atoms. The number of carboxylic acid groups (broad SMARTS) is 2. The van der Waals surface area contributed by atoms with Gasteiger partial charge < -0.3 is 10.2 Å². The molecule has 0 fully saturated rings. The van der Waals surface area contributed by atoms with Crippen molar-refractivity contribution >= 4 is 23.5 Å². The summed E-state index contributed by atoms with van der Waals surface area (Å²) in [7, 11) is 0. The van der Waals surface area contributed by atoms with Crippen LogP contribution >= 0.6 is 11.6 Å². The highest BCUT2D eigenvalue weighted by atomic mass is 35.5. The summed E-state index contributed by atoms with van der Waals surface area (Å²) in [4.78, 5) is 20.2. The first-order valence-electron chi connectivity index (χ1n) is 4.10. The summed E-state index contributed by atoms with van der Waals surface area (Å²) in [6, 6.07) is 0. The molecule has 1 unspecified atom stereocenters. The van der Waals surface area contributed by atoms with Gasteiger partial charge in [-0.1, -0.05) is 0 Å². The van der Waals surface area contributed by atoms with Crippen LogP contribution in [0.3, 0.4) is 0 Å². The van der Waals surface area contributed by atoms with Gasteiger partial charge in [-0.25, -0.2) is 0 Å². The standard InChI is InChI=1S/C8H13ClO4/c9-6(4-5-8(12)13)2-1-3-7(10)11/h6H,1-5H2,(H,10,11)(H,12,13). The van der Waals surface area contributed by atoms with Crippen molar-refractivity contribution in [2.24, 2.45) is 0 Å². The van der Waals surface area contributed by atoms with E-state index in [1.54, 1.807) is 0 Å². The summed E-state index contributed by atoms with van der Waals surface area (Å²) in [5, 5.41) is 16.4. The molecule has 13 heavy (non-hydrogen) atoms. The van der Waals surface area contributed by atoms with E-state index in [0.717, 1.165) is 0 Å². The van der Waals surface area contributed by atoms with Gasteiger partial charge in [0.25, 0.3) is 0 Å². The second-order valence-corrected chi connectivity index (χ2v) is 3.43. The number of rotatable bonds is 7. The van der Waals surface area contributed by atoms with Crippen molar-refractivity contribution in [3.05, 3.63) is 0 Å². The van der Waals surface area contributed by atoms with Crippen LogP contribution in [-0.2, 0) is 9.59 Å². The number of aliphatic carboxylic acids is 2. The van der Waals surface area contributed by atoms with E-state index in [1.165, 1.54) is 0 Å². The molecule has 0 amide bonds. The molecule has 5 heteroatoms. The summed E-state index contributed by atoms with van der Waals surface area (Å²) in [5.74, 6) is -1.72. The second kappa shape index (κ2) is 6.71. The van der Waals surface area contributed by atoms with E-state index < -0.39 is 11.9 Å². The monoisotopic (exact) mass is 208 g/mol. The van der Waals surface area contributed by atoms with Crippen LogP contribution in [0.4, 0.5) is 0 Å². The van der Waals surface area contributed by atoms with Gasteiger partial charge in [-0.15, -0.1) is 11.6 Å². The van der Waals surface area contributed by atoms with Crippen LogP contribution in [0.1, 0.15) is 32.1 Å². The molecule has 2 N–H and O–H groups in total. The maximum atomic E-state index is 10.1. The average molecular weight is 209 g/mol. The Morgan fingerprint density at radius 3 is 2.08 bits per heavy atom. The normalized spacial score (nSPS) is 12.4. The highest BCUT2D eigenvalue weighted by Crippen LogP contribution is 2.13. The lowest BCUT2D eigenvalue weighted by molar-refractivity contribution is -0.138. The highest BCUT2D eigenvalue weighted by molar-refractivity contribution is 6.20. The third-order valence-corrected chi connectivity index (χ3v) is 2.02. The third-order valence-electron chi connectivity index (χ3n) is 1.58. The lowest BCUT2D eigenvalue weighted by atomic mass is 10.1. The quantitative estimate of drug-likeness (QED) is 0.625. The molecule has 0 heterocycles. The van der Waals surface area contributed by atoms with E-state index in [-0.39, 0.29) is 18.2 Å². The Morgan fingerprint density at radius 2 is 1.62 bits per heavy atom. The minimum atomic E-state index is -0.871. The highest BCUT2D eigenvalue weighted by Gasteiger charge is 2.08. The van der Waals surface area contributed by atoms with Crippen molar-refractivity contribution in [1.29, 1.82) is 0 Å². The molecule has 0 saturated carbocycles. The van der Waals surface area contributed by atoms with Crippen molar-refractivity contribution < 1.29 is 19.8 Å². The van der Waals surface area contributed by atoms with Gasteiger partial charge in [0, 0.05) is 18.2 Å². The largest absolute Gasteiger partial charge is 0.481 e. The molecule has 0 aliphatic heterocycles. The summed E-state index contributed by atoms with van der Waals surface area (Å²) < 4.78 is 0. The summed E-state index contributed by atoms with van der Waals surface area (Å²) >= 11 is 5.75. The maximum absolute atomic E-state index is 10.1. The van der Waals surface area contributed by atoms with Crippen LogP contribution in [0.5, 0.6) is 0 Å². The molecule has 0 saturated heterocycles. The number of hydrogen-bond donors (Lipinski definition) is 2. The first kappa shape index (κ1) is 12.2. The molecule has 0 aromatic heterocycles. The van der Waals surface area contributed by atoms with E-state index in [1.807, 2.05) is 0 Å². The van der Waals surface area contributed by atoms with E-state index in [0.29, 0.717) is 19.3 Å². The Kier molecular flexibility index (Phi) is 6.32. The predicted molar refractivity (Wildman–Crippen MR) is 48.0 cm³/mol. The summed E-state index contributed by atoms with van der Waals surface area (Å²) in [6.07, 6.45) is 1.60. The molecule has 0 radical (unpaired) electrons. The van der Waals surface area contributed by atoms with Crippen molar-refractivity contribution in [2.45, 2.75) is 37.5 Å². The van der Waals surface area contributed by atoms with E-state index in [2.05, 4.69) is 0 Å². The molecule has 0 aromatic carbocycles. The molecule has 0 aliphatic rings. The second-order valence-electron chi connectivity index (χ2n) is 2.82. The third kappa shape index (κ3) is 9.14. The van der Waals surface area contributed by atoms with Crippen LogP contribution in [0.2, 0.25) is 0 Å². The zero-order valence-corrected chi connectivity index (χ0v) is 7.96. The predicted octanol–water partition coefficient (Wildman–Crippen LogP) is 1.71. The van der Waals surface area contributed by atoms with Gasteiger partial charge in [-0.05, 0) is 19.3 Å². The van der Waals surface area contributed by atoms with Gasteiger partial charge in [-0.3, -0.25) is 9.59 Å². The first-order chi connectivity index (χ1) is 6.02.